The van der Waals surface area contributed by atoms with Crippen molar-refractivity contribution in [1.29, 1.82) is 0 Å². The number of ether oxygens (including phenoxy) is 2. The topological polar surface area (TPSA) is 61.5 Å². The molecule has 0 bridgehead atoms. The Morgan fingerprint density at radius 1 is 1.57 bits per heavy atom. The smallest absolute Gasteiger partial charge is 0.326 e. The summed E-state index contributed by atoms with van der Waals surface area (Å²) < 4.78 is 10.4. The van der Waals surface area contributed by atoms with Crippen LogP contribution in [0.25, 0.3) is 0 Å². The molecule has 0 amide bonds. The van der Waals surface area contributed by atoms with Gasteiger partial charge in [-0.25, -0.2) is 0 Å². The monoisotopic (exact) mass is 201 g/mol. The molecular formula is C10H19NO3. The number of esters is 1. The minimum Gasteiger partial charge on any atom is -0.465 e. The van der Waals surface area contributed by atoms with Gasteiger partial charge in [0, 0.05) is 12.8 Å². The number of hydrogen-bond donors (Lipinski definition) is 1. The molecule has 1 saturated carbocycles. The van der Waals surface area contributed by atoms with E-state index in [9.17, 15) is 4.79 Å². The second-order valence-electron chi connectivity index (χ2n) is 4.09. The highest BCUT2D eigenvalue weighted by Crippen LogP contribution is 2.34. The molecule has 82 valence electrons. The van der Waals surface area contributed by atoms with Crippen molar-refractivity contribution in [1.82, 2.24) is 0 Å². The molecule has 0 spiro atoms. The Morgan fingerprint density at radius 3 is 2.57 bits per heavy atom. The molecule has 2 N–H and O–H groups in total. The zero-order chi connectivity index (χ0) is 10.8. The number of carbonyl (C=O) groups excluding carboxylic acids is 1. The predicted octanol–water partition coefficient (Wildman–Crippen LogP) is 0.834. The Kier molecular flexibility index (Phi) is 3.50. The molecular weight excluding hydrogens is 182 g/mol. The molecule has 4 heteroatoms. The van der Waals surface area contributed by atoms with Gasteiger partial charge in [0.2, 0.25) is 0 Å². The van der Waals surface area contributed by atoms with Crippen molar-refractivity contribution in [3.05, 3.63) is 0 Å². The van der Waals surface area contributed by atoms with Gasteiger partial charge in [-0.05, 0) is 20.8 Å². The zero-order valence-corrected chi connectivity index (χ0v) is 9.08. The van der Waals surface area contributed by atoms with Crippen molar-refractivity contribution in [2.24, 2.45) is 5.73 Å². The number of nitrogens with two attached hydrogens (primary N) is 1. The Morgan fingerprint density at radius 2 is 2.14 bits per heavy atom. The van der Waals surface area contributed by atoms with Crippen LogP contribution in [0.2, 0.25) is 0 Å². The lowest BCUT2D eigenvalue weighted by molar-refractivity contribution is -0.162. The lowest BCUT2D eigenvalue weighted by Gasteiger charge is -2.42. The molecule has 0 aliphatic heterocycles. The van der Waals surface area contributed by atoms with E-state index in [1.54, 1.807) is 6.92 Å². The van der Waals surface area contributed by atoms with Crippen LogP contribution in [0.3, 0.4) is 0 Å². The van der Waals surface area contributed by atoms with Crippen LogP contribution >= 0.6 is 0 Å². The van der Waals surface area contributed by atoms with Gasteiger partial charge in [-0.3, -0.25) is 4.79 Å². The van der Waals surface area contributed by atoms with E-state index in [0.29, 0.717) is 19.4 Å². The van der Waals surface area contributed by atoms with Gasteiger partial charge in [0.05, 0.1) is 18.8 Å². The molecule has 0 aromatic carbocycles. The minimum atomic E-state index is -0.796. The lowest BCUT2D eigenvalue weighted by Crippen LogP contribution is -2.61. The second-order valence-corrected chi connectivity index (χ2v) is 4.09. The van der Waals surface area contributed by atoms with E-state index in [-0.39, 0.29) is 18.2 Å². The fraction of sp³-hybridized carbons (Fsp3) is 0.900. The molecule has 1 rings (SSSR count). The summed E-state index contributed by atoms with van der Waals surface area (Å²) in [5.41, 5.74) is 5.05. The SMILES string of the molecule is CCOC(=O)C1(N)CC(OC(C)C)C1. The summed E-state index contributed by atoms with van der Waals surface area (Å²) >= 11 is 0. The molecule has 0 radical (unpaired) electrons. The van der Waals surface area contributed by atoms with E-state index in [0.717, 1.165) is 0 Å². The van der Waals surface area contributed by atoms with E-state index >= 15 is 0 Å². The first-order valence-electron chi connectivity index (χ1n) is 5.09. The van der Waals surface area contributed by atoms with Gasteiger partial charge in [0.25, 0.3) is 0 Å². The highest BCUT2D eigenvalue weighted by atomic mass is 16.5. The molecule has 1 aliphatic carbocycles. The Bertz CT molecular complexity index is 209. The van der Waals surface area contributed by atoms with Crippen molar-refractivity contribution in [2.75, 3.05) is 6.61 Å². The van der Waals surface area contributed by atoms with E-state index < -0.39 is 5.54 Å². The first-order chi connectivity index (χ1) is 6.48. The Hall–Kier alpha value is -0.610. The van der Waals surface area contributed by atoms with Gasteiger partial charge in [-0.15, -0.1) is 0 Å². The van der Waals surface area contributed by atoms with Gasteiger partial charge in [0.1, 0.15) is 5.54 Å². The number of hydrogen-bond acceptors (Lipinski definition) is 4. The van der Waals surface area contributed by atoms with Gasteiger partial charge in [0.15, 0.2) is 0 Å². The standard InChI is InChI=1S/C10H19NO3/c1-4-13-9(12)10(11)5-8(6-10)14-7(2)3/h7-8H,4-6,11H2,1-3H3. The summed E-state index contributed by atoms with van der Waals surface area (Å²) in [5, 5.41) is 0. The van der Waals surface area contributed by atoms with Gasteiger partial charge >= 0.3 is 5.97 Å². The van der Waals surface area contributed by atoms with Gasteiger partial charge < -0.3 is 15.2 Å². The Balaban J connectivity index is 2.33. The van der Waals surface area contributed by atoms with Crippen LogP contribution in [-0.4, -0.2) is 30.3 Å². The third kappa shape index (κ3) is 2.45. The Labute approximate surface area is 84.7 Å². The fourth-order valence-electron chi connectivity index (χ4n) is 1.68. The molecule has 1 fully saturated rings. The average molecular weight is 201 g/mol. The van der Waals surface area contributed by atoms with Crippen LogP contribution < -0.4 is 5.73 Å². The third-order valence-corrected chi connectivity index (χ3v) is 2.33. The number of carbonyl (C=O) groups is 1. The number of rotatable bonds is 4. The van der Waals surface area contributed by atoms with Gasteiger partial charge in [-0.2, -0.15) is 0 Å². The average Bonchev–Trinajstić information content (AvgIpc) is 2.00. The van der Waals surface area contributed by atoms with Crippen LogP contribution in [0.5, 0.6) is 0 Å². The quantitative estimate of drug-likeness (QED) is 0.684. The van der Waals surface area contributed by atoms with E-state index in [1.807, 2.05) is 13.8 Å². The molecule has 0 unspecified atom stereocenters. The van der Waals surface area contributed by atoms with E-state index in [4.69, 9.17) is 15.2 Å². The molecule has 0 atom stereocenters. The summed E-state index contributed by atoms with van der Waals surface area (Å²) in [6.45, 7) is 6.11. The van der Waals surface area contributed by atoms with Crippen molar-refractivity contribution in [3.8, 4) is 0 Å². The summed E-state index contributed by atoms with van der Waals surface area (Å²) in [6, 6.07) is 0. The van der Waals surface area contributed by atoms with Crippen molar-refractivity contribution in [3.63, 3.8) is 0 Å². The molecule has 4 nitrogen and oxygen atoms in total. The lowest BCUT2D eigenvalue weighted by atomic mass is 9.75. The molecule has 14 heavy (non-hydrogen) atoms. The van der Waals surface area contributed by atoms with Crippen LogP contribution in [0, 0.1) is 0 Å². The minimum absolute atomic E-state index is 0.115. The van der Waals surface area contributed by atoms with Gasteiger partial charge in [-0.1, -0.05) is 0 Å². The zero-order valence-electron chi connectivity index (χ0n) is 9.08. The molecule has 0 aromatic heterocycles. The molecule has 0 saturated heterocycles. The van der Waals surface area contributed by atoms with Crippen LogP contribution in [0.1, 0.15) is 33.6 Å². The van der Waals surface area contributed by atoms with E-state index in [2.05, 4.69) is 0 Å². The maximum atomic E-state index is 11.4. The van der Waals surface area contributed by atoms with Crippen LogP contribution in [-0.2, 0) is 14.3 Å². The molecule has 0 aromatic rings. The summed E-state index contributed by atoms with van der Waals surface area (Å²) in [6.07, 6.45) is 1.45. The highest BCUT2D eigenvalue weighted by molar-refractivity contribution is 5.82. The summed E-state index contributed by atoms with van der Waals surface area (Å²) in [7, 11) is 0. The predicted molar refractivity (Wildman–Crippen MR) is 52.8 cm³/mol. The normalized spacial score (nSPS) is 31.4. The third-order valence-electron chi connectivity index (χ3n) is 2.33. The first kappa shape index (κ1) is 11.5. The maximum Gasteiger partial charge on any atom is 0.326 e. The molecule has 0 heterocycles. The fourth-order valence-corrected chi connectivity index (χ4v) is 1.68. The van der Waals surface area contributed by atoms with Crippen LogP contribution in [0.15, 0.2) is 0 Å². The highest BCUT2D eigenvalue weighted by Gasteiger charge is 2.49. The first-order valence-corrected chi connectivity index (χ1v) is 5.09. The summed E-state index contributed by atoms with van der Waals surface area (Å²) in [5.74, 6) is -0.302. The van der Waals surface area contributed by atoms with Crippen molar-refractivity contribution < 1.29 is 14.3 Å². The van der Waals surface area contributed by atoms with E-state index in [1.165, 1.54) is 0 Å². The summed E-state index contributed by atoms with van der Waals surface area (Å²) in [4.78, 5) is 11.4. The van der Waals surface area contributed by atoms with Crippen molar-refractivity contribution >= 4 is 5.97 Å². The van der Waals surface area contributed by atoms with Crippen molar-refractivity contribution in [2.45, 2.75) is 51.4 Å². The molecule has 1 aliphatic rings. The van der Waals surface area contributed by atoms with Crippen LogP contribution in [0.4, 0.5) is 0 Å². The maximum absolute atomic E-state index is 11.4. The second kappa shape index (κ2) is 4.28. The largest absolute Gasteiger partial charge is 0.465 e.